The second-order valence-corrected chi connectivity index (χ2v) is 8.84. The Labute approximate surface area is 191 Å². The lowest BCUT2D eigenvalue weighted by Gasteiger charge is -2.35. The van der Waals surface area contributed by atoms with Crippen molar-refractivity contribution >= 4 is 17.5 Å². The molecule has 0 radical (unpaired) electrons. The van der Waals surface area contributed by atoms with Crippen molar-refractivity contribution in [3.63, 3.8) is 0 Å². The third-order valence-corrected chi connectivity index (χ3v) is 6.43. The third-order valence-electron chi connectivity index (χ3n) is 6.43. The van der Waals surface area contributed by atoms with E-state index in [2.05, 4.69) is 27.2 Å². The number of likely N-dealkylation sites (tertiary alicyclic amines) is 1. The molecule has 0 unspecified atom stereocenters. The van der Waals surface area contributed by atoms with Crippen LogP contribution in [-0.2, 0) is 9.59 Å². The van der Waals surface area contributed by atoms with Gasteiger partial charge >= 0.3 is 0 Å². The molecule has 2 amide bonds. The van der Waals surface area contributed by atoms with Gasteiger partial charge in [0.25, 0.3) is 0 Å². The number of nitrogens with zero attached hydrogens (tertiary/aromatic N) is 3. The van der Waals surface area contributed by atoms with Gasteiger partial charge in [0.05, 0.1) is 13.1 Å². The highest BCUT2D eigenvalue weighted by atomic mass is 16.2. The van der Waals surface area contributed by atoms with E-state index in [1.165, 1.54) is 12.8 Å². The molecule has 2 aliphatic rings. The zero-order valence-corrected chi connectivity index (χ0v) is 18.8. The highest BCUT2D eigenvalue weighted by molar-refractivity contribution is 5.92. The number of hydrogen-bond donors (Lipinski definition) is 1. The first-order valence-corrected chi connectivity index (χ1v) is 11.9. The standard InChI is InChI=1S/C26H34N4O2/c31-25(27-24-12-10-23(11-13-24)22-8-4-3-5-9-22)20-28-16-18-29(19-17-28)21-26(32)30-14-6-1-2-7-15-30/h3-5,8-13H,1-2,6-7,14-21H2,(H,27,31). The molecule has 6 nitrogen and oxygen atoms in total. The molecule has 32 heavy (non-hydrogen) atoms. The van der Waals surface area contributed by atoms with Crippen molar-refractivity contribution in [2.75, 3.05) is 57.7 Å². The Kier molecular flexibility index (Phi) is 7.91. The van der Waals surface area contributed by atoms with E-state index in [1.807, 2.05) is 47.4 Å². The minimum atomic E-state index is 0.00607. The molecular weight excluding hydrogens is 400 g/mol. The summed E-state index contributed by atoms with van der Waals surface area (Å²) >= 11 is 0. The summed E-state index contributed by atoms with van der Waals surface area (Å²) < 4.78 is 0. The van der Waals surface area contributed by atoms with Crippen LogP contribution in [-0.4, -0.2) is 78.9 Å². The SMILES string of the molecule is O=C(CN1CCN(CC(=O)N2CCCCCC2)CC1)Nc1ccc(-c2ccccc2)cc1. The van der Waals surface area contributed by atoms with Gasteiger partial charge in [-0.25, -0.2) is 0 Å². The van der Waals surface area contributed by atoms with Crippen molar-refractivity contribution < 1.29 is 9.59 Å². The van der Waals surface area contributed by atoms with Crippen molar-refractivity contribution in [1.82, 2.24) is 14.7 Å². The lowest BCUT2D eigenvalue weighted by atomic mass is 10.1. The quantitative estimate of drug-likeness (QED) is 0.758. The predicted octanol–water partition coefficient (Wildman–Crippen LogP) is 3.31. The number of carbonyl (C=O) groups is 2. The minimum Gasteiger partial charge on any atom is -0.342 e. The van der Waals surface area contributed by atoms with Crippen molar-refractivity contribution in [3.8, 4) is 11.1 Å². The van der Waals surface area contributed by atoms with Gasteiger partial charge in [-0.3, -0.25) is 19.4 Å². The van der Waals surface area contributed by atoms with Gasteiger partial charge in [0.15, 0.2) is 0 Å². The lowest BCUT2D eigenvalue weighted by molar-refractivity contribution is -0.133. The monoisotopic (exact) mass is 434 g/mol. The lowest BCUT2D eigenvalue weighted by Crippen LogP contribution is -2.51. The molecule has 170 valence electrons. The van der Waals surface area contributed by atoms with Crippen LogP contribution in [0.3, 0.4) is 0 Å². The fourth-order valence-electron chi connectivity index (χ4n) is 4.50. The highest BCUT2D eigenvalue weighted by Gasteiger charge is 2.23. The Bertz CT molecular complexity index is 868. The van der Waals surface area contributed by atoms with Gasteiger partial charge < -0.3 is 10.2 Å². The zero-order valence-electron chi connectivity index (χ0n) is 18.8. The molecule has 2 fully saturated rings. The molecule has 0 saturated carbocycles. The Hall–Kier alpha value is -2.70. The average molecular weight is 435 g/mol. The first-order chi connectivity index (χ1) is 15.7. The van der Waals surface area contributed by atoms with Crippen molar-refractivity contribution in [2.45, 2.75) is 25.7 Å². The topological polar surface area (TPSA) is 55.9 Å². The van der Waals surface area contributed by atoms with Gasteiger partial charge in [0.2, 0.25) is 11.8 Å². The van der Waals surface area contributed by atoms with Crippen LogP contribution in [0, 0.1) is 0 Å². The maximum absolute atomic E-state index is 12.6. The van der Waals surface area contributed by atoms with Crippen molar-refractivity contribution in [2.24, 2.45) is 0 Å². The van der Waals surface area contributed by atoms with Crippen LogP contribution >= 0.6 is 0 Å². The summed E-state index contributed by atoms with van der Waals surface area (Å²) in [5.74, 6) is 0.267. The Balaban J connectivity index is 1.19. The minimum absolute atomic E-state index is 0.00607. The molecule has 0 bridgehead atoms. The van der Waals surface area contributed by atoms with Gasteiger partial charge in [0, 0.05) is 45.0 Å². The molecule has 2 aromatic carbocycles. The molecule has 2 aliphatic heterocycles. The van der Waals surface area contributed by atoms with Crippen molar-refractivity contribution in [3.05, 3.63) is 54.6 Å². The molecule has 0 aromatic heterocycles. The Morgan fingerprint density at radius 2 is 1.22 bits per heavy atom. The van der Waals surface area contributed by atoms with E-state index in [0.29, 0.717) is 13.1 Å². The molecule has 2 aromatic rings. The van der Waals surface area contributed by atoms with E-state index >= 15 is 0 Å². The molecule has 6 heteroatoms. The maximum atomic E-state index is 12.6. The zero-order chi connectivity index (χ0) is 22.2. The number of rotatable bonds is 6. The van der Waals surface area contributed by atoms with Gasteiger partial charge in [-0.15, -0.1) is 0 Å². The molecular formula is C26H34N4O2. The first kappa shape index (κ1) is 22.5. The van der Waals surface area contributed by atoms with Gasteiger partial charge in [0.1, 0.15) is 0 Å². The fourth-order valence-corrected chi connectivity index (χ4v) is 4.50. The number of hydrogen-bond acceptors (Lipinski definition) is 4. The van der Waals surface area contributed by atoms with Gasteiger partial charge in [-0.1, -0.05) is 55.3 Å². The predicted molar refractivity (Wildman–Crippen MR) is 128 cm³/mol. The molecule has 2 heterocycles. The highest BCUT2D eigenvalue weighted by Crippen LogP contribution is 2.21. The Morgan fingerprint density at radius 1 is 0.656 bits per heavy atom. The largest absolute Gasteiger partial charge is 0.342 e. The summed E-state index contributed by atoms with van der Waals surface area (Å²) in [4.78, 5) is 31.5. The molecule has 0 spiro atoms. The molecule has 0 atom stereocenters. The van der Waals surface area contributed by atoms with Crippen LogP contribution in [0.5, 0.6) is 0 Å². The van der Waals surface area contributed by atoms with E-state index in [-0.39, 0.29) is 11.8 Å². The fraction of sp³-hybridized carbons (Fsp3) is 0.462. The summed E-state index contributed by atoms with van der Waals surface area (Å²) in [6.07, 6.45) is 4.73. The van der Waals surface area contributed by atoms with Crippen LogP contribution in [0.1, 0.15) is 25.7 Å². The van der Waals surface area contributed by atoms with Crippen LogP contribution in [0.25, 0.3) is 11.1 Å². The van der Waals surface area contributed by atoms with E-state index in [9.17, 15) is 9.59 Å². The summed E-state index contributed by atoms with van der Waals surface area (Å²) in [5.41, 5.74) is 3.11. The number of piperazine rings is 1. The summed E-state index contributed by atoms with van der Waals surface area (Å²) in [7, 11) is 0. The first-order valence-electron chi connectivity index (χ1n) is 11.9. The number of carbonyl (C=O) groups excluding carboxylic acids is 2. The molecule has 4 rings (SSSR count). The normalized spacial score (nSPS) is 18.2. The van der Waals surface area contributed by atoms with E-state index < -0.39 is 0 Å². The number of benzene rings is 2. The maximum Gasteiger partial charge on any atom is 0.238 e. The van der Waals surface area contributed by atoms with E-state index in [4.69, 9.17) is 0 Å². The second-order valence-electron chi connectivity index (χ2n) is 8.84. The van der Waals surface area contributed by atoms with Gasteiger partial charge in [-0.2, -0.15) is 0 Å². The molecule has 2 saturated heterocycles. The van der Waals surface area contributed by atoms with Crippen LogP contribution in [0.15, 0.2) is 54.6 Å². The number of nitrogens with one attached hydrogen (secondary N) is 1. The summed E-state index contributed by atoms with van der Waals surface area (Å²) in [5, 5.41) is 3.01. The average Bonchev–Trinajstić information content (AvgIpc) is 3.11. The van der Waals surface area contributed by atoms with Crippen LogP contribution < -0.4 is 5.32 Å². The number of anilines is 1. The van der Waals surface area contributed by atoms with E-state index in [0.717, 1.165) is 68.9 Å². The van der Waals surface area contributed by atoms with E-state index in [1.54, 1.807) is 0 Å². The van der Waals surface area contributed by atoms with Crippen molar-refractivity contribution in [1.29, 1.82) is 0 Å². The Morgan fingerprint density at radius 3 is 1.84 bits per heavy atom. The second kappa shape index (κ2) is 11.2. The van der Waals surface area contributed by atoms with Gasteiger partial charge in [-0.05, 0) is 36.1 Å². The van der Waals surface area contributed by atoms with Crippen LogP contribution in [0.4, 0.5) is 5.69 Å². The van der Waals surface area contributed by atoms with Crippen LogP contribution in [0.2, 0.25) is 0 Å². The smallest absolute Gasteiger partial charge is 0.238 e. The summed E-state index contributed by atoms with van der Waals surface area (Å²) in [6.45, 7) is 6.00. The molecule has 1 N–H and O–H groups in total. The molecule has 0 aliphatic carbocycles. The summed E-state index contributed by atoms with van der Waals surface area (Å²) in [6, 6.07) is 18.2. The number of amides is 2. The third kappa shape index (κ3) is 6.40.